The van der Waals surface area contributed by atoms with Gasteiger partial charge in [-0.25, -0.2) is 9.97 Å². The maximum absolute atomic E-state index is 12.4. The summed E-state index contributed by atoms with van der Waals surface area (Å²) in [6.07, 6.45) is 7.14. The summed E-state index contributed by atoms with van der Waals surface area (Å²) in [6.45, 7) is 1.16. The van der Waals surface area contributed by atoms with Gasteiger partial charge >= 0.3 is 0 Å². The zero-order valence-electron chi connectivity index (χ0n) is 13.8. The number of aromatic nitrogens is 5. The van der Waals surface area contributed by atoms with Gasteiger partial charge in [-0.3, -0.25) is 9.48 Å². The summed E-state index contributed by atoms with van der Waals surface area (Å²) >= 11 is 0. The highest BCUT2D eigenvalue weighted by molar-refractivity contribution is 5.95. The lowest BCUT2D eigenvalue weighted by Crippen LogP contribution is -2.51. The van der Waals surface area contributed by atoms with Crippen LogP contribution < -0.4 is 0 Å². The maximum atomic E-state index is 12.4. The number of nitrogens with zero attached hydrogens (tertiary/aromatic N) is 5. The number of benzene rings is 1. The van der Waals surface area contributed by atoms with E-state index in [-0.39, 0.29) is 5.91 Å². The Morgan fingerprint density at radius 1 is 1.08 bits per heavy atom. The van der Waals surface area contributed by atoms with Crippen LogP contribution in [0.25, 0.3) is 22.3 Å². The van der Waals surface area contributed by atoms with Gasteiger partial charge in [0.15, 0.2) is 0 Å². The van der Waals surface area contributed by atoms with Gasteiger partial charge < -0.3 is 9.88 Å². The summed E-state index contributed by atoms with van der Waals surface area (Å²) in [4.78, 5) is 25.9. The second kappa shape index (κ2) is 5.80. The molecule has 1 aliphatic heterocycles. The van der Waals surface area contributed by atoms with Crippen LogP contribution in [0, 0.1) is 6.04 Å². The van der Waals surface area contributed by atoms with Crippen LogP contribution >= 0.6 is 0 Å². The number of amides is 1. The molecule has 1 N–H and O–H groups in total. The predicted octanol–water partition coefficient (Wildman–Crippen LogP) is 2.36. The fourth-order valence-corrected chi connectivity index (χ4v) is 3.17. The van der Waals surface area contributed by atoms with Crippen molar-refractivity contribution < 1.29 is 4.79 Å². The Morgan fingerprint density at radius 2 is 1.92 bits per heavy atom. The largest absolute Gasteiger partial charge is 0.346 e. The third-order valence-electron chi connectivity index (χ3n) is 4.59. The van der Waals surface area contributed by atoms with Crippen molar-refractivity contribution in [2.75, 3.05) is 13.1 Å². The molecule has 26 heavy (non-hydrogen) atoms. The number of H-pyrrole nitrogens is 1. The van der Waals surface area contributed by atoms with Gasteiger partial charge in [0.1, 0.15) is 18.0 Å². The number of aromatic amines is 1. The van der Waals surface area contributed by atoms with E-state index in [1.54, 1.807) is 17.4 Å². The van der Waals surface area contributed by atoms with Crippen molar-refractivity contribution in [3.63, 3.8) is 0 Å². The van der Waals surface area contributed by atoms with Crippen LogP contribution in [0.2, 0.25) is 0 Å². The van der Waals surface area contributed by atoms with E-state index in [9.17, 15) is 4.79 Å². The molecule has 0 spiro atoms. The van der Waals surface area contributed by atoms with Gasteiger partial charge in [-0.15, -0.1) is 0 Å². The molecular weight excluding hydrogens is 328 g/mol. The average Bonchev–Trinajstić information content (AvgIpc) is 3.30. The van der Waals surface area contributed by atoms with Crippen LogP contribution in [0.1, 0.15) is 10.4 Å². The third-order valence-corrected chi connectivity index (χ3v) is 4.59. The van der Waals surface area contributed by atoms with Crippen molar-refractivity contribution in [1.29, 1.82) is 0 Å². The summed E-state index contributed by atoms with van der Waals surface area (Å²) < 4.78 is 1.84. The van der Waals surface area contributed by atoms with E-state index in [1.807, 2.05) is 53.5 Å². The van der Waals surface area contributed by atoms with Crippen LogP contribution in [0.5, 0.6) is 0 Å². The molecule has 3 aromatic heterocycles. The van der Waals surface area contributed by atoms with Gasteiger partial charge in [0.05, 0.1) is 25.0 Å². The molecule has 1 amide bonds. The van der Waals surface area contributed by atoms with Crippen LogP contribution in [-0.2, 0) is 0 Å². The zero-order valence-corrected chi connectivity index (χ0v) is 13.8. The van der Waals surface area contributed by atoms with Crippen molar-refractivity contribution >= 4 is 16.9 Å². The first-order chi connectivity index (χ1) is 12.8. The average molecular weight is 343 g/mol. The first kappa shape index (κ1) is 14.8. The molecule has 1 aliphatic rings. The normalized spacial score (nSPS) is 14.5. The van der Waals surface area contributed by atoms with E-state index >= 15 is 0 Å². The minimum absolute atomic E-state index is 0.0477. The second-order valence-electron chi connectivity index (χ2n) is 6.23. The van der Waals surface area contributed by atoms with E-state index in [4.69, 9.17) is 0 Å². The zero-order chi connectivity index (χ0) is 17.5. The maximum Gasteiger partial charge on any atom is 0.254 e. The smallest absolute Gasteiger partial charge is 0.254 e. The van der Waals surface area contributed by atoms with Crippen LogP contribution in [-0.4, -0.2) is 48.6 Å². The lowest BCUT2D eigenvalue weighted by Gasteiger charge is -2.38. The molecule has 1 fully saturated rings. The number of hydrogen-bond donors (Lipinski definition) is 1. The third kappa shape index (κ3) is 2.36. The Bertz CT molecular complexity index is 1080. The van der Waals surface area contributed by atoms with Crippen LogP contribution in [0.3, 0.4) is 0 Å². The van der Waals surface area contributed by atoms with Gasteiger partial charge in [-0.1, -0.05) is 18.2 Å². The van der Waals surface area contributed by atoms with E-state index < -0.39 is 0 Å². The molecule has 4 heterocycles. The molecule has 0 atom stereocenters. The lowest BCUT2D eigenvalue weighted by molar-refractivity contribution is 0.0666. The Labute approximate surface area is 149 Å². The highest BCUT2D eigenvalue weighted by Gasteiger charge is 2.34. The number of rotatable bonds is 3. The molecule has 1 radical (unpaired) electrons. The van der Waals surface area contributed by atoms with Gasteiger partial charge in [-0.05, 0) is 18.2 Å². The minimum Gasteiger partial charge on any atom is -0.346 e. The first-order valence-electron chi connectivity index (χ1n) is 8.32. The van der Waals surface area contributed by atoms with Crippen LogP contribution in [0.4, 0.5) is 0 Å². The van der Waals surface area contributed by atoms with Gasteiger partial charge in [0.25, 0.3) is 5.91 Å². The Hall–Kier alpha value is -3.48. The molecule has 127 valence electrons. The molecule has 1 saturated heterocycles. The lowest BCUT2D eigenvalue weighted by atomic mass is 10.1. The Balaban J connectivity index is 1.33. The SMILES string of the molecule is O=C(c1ccccc1)N1C[C](n2cc(-c3ncnc4[nH]ccc34)cn2)C1. The topological polar surface area (TPSA) is 79.7 Å². The molecule has 1 aromatic carbocycles. The van der Waals surface area contributed by atoms with E-state index in [0.29, 0.717) is 18.7 Å². The van der Waals surface area contributed by atoms with Gasteiger partial charge in [0, 0.05) is 28.9 Å². The Morgan fingerprint density at radius 3 is 2.77 bits per heavy atom. The highest BCUT2D eigenvalue weighted by atomic mass is 16.2. The fourth-order valence-electron chi connectivity index (χ4n) is 3.17. The van der Waals surface area contributed by atoms with Crippen molar-refractivity contribution in [2.45, 2.75) is 0 Å². The standard InChI is InChI=1S/C19H15N6O/c26-19(13-4-2-1-3-5-13)24-10-15(11-24)25-9-14(8-23-25)17-16-6-7-20-18(16)22-12-21-17/h1-9,12H,10-11H2,(H,20,21,22). The molecule has 4 aromatic rings. The summed E-state index contributed by atoms with van der Waals surface area (Å²) in [5, 5.41) is 5.41. The minimum atomic E-state index is 0.0477. The summed E-state index contributed by atoms with van der Waals surface area (Å²) in [5.74, 6) is 0.0477. The highest BCUT2D eigenvalue weighted by Crippen LogP contribution is 2.27. The van der Waals surface area contributed by atoms with E-state index in [1.165, 1.54) is 0 Å². The number of nitrogens with one attached hydrogen (secondary N) is 1. The van der Waals surface area contributed by atoms with Gasteiger partial charge in [0.2, 0.25) is 0 Å². The number of carbonyl (C=O) groups is 1. The summed E-state index contributed by atoms with van der Waals surface area (Å²) in [7, 11) is 0. The Kier molecular flexibility index (Phi) is 3.31. The number of fused-ring (bicyclic) bond motifs is 1. The second-order valence-corrected chi connectivity index (χ2v) is 6.23. The van der Waals surface area contributed by atoms with Gasteiger partial charge in [-0.2, -0.15) is 5.10 Å². The van der Waals surface area contributed by atoms with Crippen molar-refractivity contribution in [2.24, 2.45) is 0 Å². The predicted molar refractivity (Wildman–Crippen MR) is 96.1 cm³/mol. The fraction of sp³-hybridized carbons (Fsp3) is 0.105. The molecule has 7 nitrogen and oxygen atoms in total. The first-order valence-corrected chi connectivity index (χ1v) is 8.32. The van der Waals surface area contributed by atoms with E-state index in [0.717, 1.165) is 28.3 Å². The molecule has 0 bridgehead atoms. The number of hydrogen-bond acceptors (Lipinski definition) is 4. The number of likely N-dealkylation sites (tertiary alicyclic amines) is 1. The van der Waals surface area contributed by atoms with Crippen molar-refractivity contribution in [3.05, 3.63) is 72.9 Å². The van der Waals surface area contributed by atoms with Crippen molar-refractivity contribution in [1.82, 2.24) is 29.6 Å². The molecular formula is C19H15N6O. The monoisotopic (exact) mass is 343 g/mol. The summed E-state index contributed by atoms with van der Waals surface area (Å²) in [6, 6.07) is 12.4. The molecule has 0 unspecified atom stereocenters. The molecule has 5 rings (SSSR count). The van der Waals surface area contributed by atoms with Crippen LogP contribution in [0.15, 0.2) is 61.3 Å². The van der Waals surface area contributed by atoms with Crippen molar-refractivity contribution in [3.8, 4) is 11.3 Å². The number of carbonyl (C=O) groups excluding carboxylic acids is 1. The molecule has 7 heteroatoms. The quantitative estimate of drug-likeness (QED) is 0.619. The summed E-state index contributed by atoms with van der Waals surface area (Å²) in [5.41, 5.74) is 3.29. The molecule has 0 aliphatic carbocycles. The van der Waals surface area contributed by atoms with E-state index in [2.05, 4.69) is 20.1 Å². The molecule has 0 saturated carbocycles.